The molecule has 1 aromatic carbocycles. The minimum absolute atomic E-state index is 0.104. The lowest BCUT2D eigenvalue weighted by atomic mass is 9.99. The summed E-state index contributed by atoms with van der Waals surface area (Å²) in [6.45, 7) is 5.30. The number of aromatic nitrogens is 2. The predicted octanol–water partition coefficient (Wildman–Crippen LogP) is 3.70. The molecular weight excluding hydrogens is 328 g/mol. The van der Waals surface area contributed by atoms with Crippen molar-refractivity contribution in [3.8, 4) is 16.9 Å². The molecule has 4 heterocycles. The Morgan fingerprint density at radius 3 is 2.77 bits per heavy atom. The standard InChI is InChI=1S/C20H20N4O2/c1-12-18(13(2)26-22-12)14-7-8-16-19-20(14)25-10-17(24(19)11-23(16)3)15-6-4-5-9-21-15/h4-9,17H,10-11H2,1-3H3/t17-/m1/s1. The van der Waals surface area contributed by atoms with E-state index in [1.165, 1.54) is 5.69 Å². The quantitative estimate of drug-likeness (QED) is 0.704. The van der Waals surface area contributed by atoms with E-state index in [1.807, 2.05) is 32.2 Å². The molecule has 3 aromatic rings. The van der Waals surface area contributed by atoms with E-state index >= 15 is 0 Å². The second kappa shape index (κ2) is 5.49. The number of hydrogen-bond donors (Lipinski definition) is 0. The van der Waals surface area contributed by atoms with Gasteiger partial charge in [-0.05, 0) is 38.1 Å². The van der Waals surface area contributed by atoms with Crippen molar-refractivity contribution in [2.75, 3.05) is 30.1 Å². The van der Waals surface area contributed by atoms with Gasteiger partial charge in [0, 0.05) is 18.8 Å². The molecule has 2 aliphatic rings. The zero-order valence-corrected chi connectivity index (χ0v) is 15.1. The van der Waals surface area contributed by atoms with E-state index in [4.69, 9.17) is 9.26 Å². The van der Waals surface area contributed by atoms with Gasteiger partial charge in [-0.15, -0.1) is 0 Å². The maximum atomic E-state index is 6.32. The Labute approximate surface area is 152 Å². The molecule has 1 atom stereocenters. The lowest BCUT2D eigenvalue weighted by molar-refractivity contribution is 0.266. The molecule has 0 radical (unpaired) electrons. The Bertz CT molecular complexity index is 963. The van der Waals surface area contributed by atoms with Crippen LogP contribution in [-0.2, 0) is 0 Å². The molecule has 0 fully saturated rings. The van der Waals surface area contributed by atoms with Crippen LogP contribution in [0.4, 0.5) is 11.4 Å². The van der Waals surface area contributed by atoms with Crippen molar-refractivity contribution in [1.29, 1.82) is 0 Å². The van der Waals surface area contributed by atoms with Crippen molar-refractivity contribution in [2.45, 2.75) is 19.9 Å². The molecular formula is C20H20N4O2. The maximum Gasteiger partial charge on any atom is 0.152 e. The highest BCUT2D eigenvalue weighted by Gasteiger charge is 2.39. The summed E-state index contributed by atoms with van der Waals surface area (Å²) in [5, 5.41) is 4.11. The first-order chi connectivity index (χ1) is 12.6. The van der Waals surface area contributed by atoms with Crippen LogP contribution in [0.5, 0.6) is 5.75 Å². The second-order valence-electron chi connectivity index (χ2n) is 6.90. The van der Waals surface area contributed by atoms with Gasteiger partial charge in [0.05, 0.1) is 29.3 Å². The van der Waals surface area contributed by atoms with Crippen molar-refractivity contribution >= 4 is 11.4 Å². The number of rotatable bonds is 2. The van der Waals surface area contributed by atoms with Gasteiger partial charge in [-0.3, -0.25) is 4.98 Å². The van der Waals surface area contributed by atoms with E-state index in [9.17, 15) is 0 Å². The molecule has 6 heteroatoms. The fourth-order valence-corrected chi connectivity index (χ4v) is 4.06. The van der Waals surface area contributed by atoms with E-state index in [2.05, 4.69) is 45.2 Å². The Morgan fingerprint density at radius 1 is 1.15 bits per heavy atom. The summed E-state index contributed by atoms with van der Waals surface area (Å²) in [5.74, 6) is 1.72. The highest BCUT2D eigenvalue weighted by Crippen LogP contribution is 2.53. The Balaban J connectivity index is 1.68. The minimum Gasteiger partial charge on any atom is -0.488 e. The first kappa shape index (κ1) is 15.3. The second-order valence-corrected chi connectivity index (χ2v) is 6.90. The van der Waals surface area contributed by atoms with Crippen LogP contribution in [0.25, 0.3) is 11.1 Å². The van der Waals surface area contributed by atoms with Crippen molar-refractivity contribution < 1.29 is 9.26 Å². The Hall–Kier alpha value is -3.02. The molecule has 2 aliphatic heterocycles. The van der Waals surface area contributed by atoms with Crippen LogP contribution in [0, 0.1) is 13.8 Å². The fourth-order valence-electron chi connectivity index (χ4n) is 4.06. The van der Waals surface area contributed by atoms with Crippen LogP contribution in [0.3, 0.4) is 0 Å². The monoisotopic (exact) mass is 348 g/mol. The number of benzene rings is 1. The molecule has 132 valence electrons. The zero-order valence-electron chi connectivity index (χ0n) is 15.1. The number of nitrogens with zero attached hydrogens (tertiary/aromatic N) is 4. The first-order valence-electron chi connectivity index (χ1n) is 8.77. The van der Waals surface area contributed by atoms with Crippen molar-refractivity contribution in [1.82, 2.24) is 10.1 Å². The third-order valence-electron chi connectivity index (χ3n) is 5.27. The highest BCUT2D eigenvalue weighted by atomic mass is 16.5. The average molecular weight is 348 g/mol. The smallest absolute Gasteiger partial charge is 0.152 e. The molecule has 2 aromatic heterocycles. The van der Waals surface area contributed by atoms with Gasteiger partial charge >= 0.3 is 0 Å². The number of hydrogen-bond acceptors (Lipinski definition) is 6. The molecule has 0 N–H and O–H groups in total. The summed E-state index contributed by atoms with van der Waals surface area (Å²) >= 11 is 0. The van der Waals surface area contributed by atoms with Gasteiger partial charge in [0.2, 0.25) is 0 Å². The van der Waals surface area contributed by atoms with Crippen LogP contribution in [0.15, 0.2) is 41.1 Å². The molecule has 6 nitrogen and oxygen atoms in total. The van der Waals surface area contributed by atoms with Gasteiger partial charge in [0.1, 0.15) is 24.1 Å². The van der Waals surface area contributed by atoms with Crippen LogP contribution < -0.4 is 14.5 Å². The number of aryl methyl sites for hydroxylation is 2. The number of pyridine rings is 1. The third kappa shape index (κ3) is 2.05. The average Bonchev–Trinajstić information content (AvgIpc) is 3.17. The van der Waals surface area contributed by atoms with Crippen LogP contribution in [-0.4, -0.2) is 30.5 Å². The SMILES string of the molecule is Cc1noc(C)c1-c1ccc2c3c1OC[C@H](c1ccccn1)N3CN2C. The summed E-state index contributed by atoms with van der Waals surface area (Å²) in [6, 6.07) is 10.4. The first-order valence-corrected chi connectivity index (χ1v) is 8.77. The Morgan fingerprint density at radius 2 is 2.04 bits per heavy atom. The third-order valence-corrected chi connectivity index (χ3v) is 5.27. The van der Waals surface area contributed by atoms with E-state index in [0.29, 0.717) is 6.61 Å². The Kier molecular flexibility index (Phi) is 3.22. The predicted molar refractivity (Wildman–Crippen MR) is 99.6 cm³/mol. The van der Waals surface area contributed by atoms with Crippen LogP contribution >= 0.6 is 0 Å². The van der Waals surface area contributed by atoms with Gasteiger partial charge in [-0.2, -0.15) is 0 Å². The largest absolute Gasteiger partial charge is 0.488 e. The van der Waals surface area contributed by atoms with Crippen LogP contribution in [0.1, 0.15) is 23.2 Å². The fraction of sp³-hybridized carbons (Fsp3) is 0.300. The summed E-state index contributed by atoms with van der Waals surface area (Å²) in [5.41, 5.74) is 6.28. The van der Waals surface area contributed by atoms with E-state index in [-0.39, 0.29) is 6.04 Å². The lowest BCUT2D eigenvalue weighted by Crippen LogP contribution is -2.38. The highest BCUT2D eigenvalue weighted by molar-refractivity contribution is 5.91. The molecule has 0 saturated carbocycles. The summed E-state index contributed by atoms with van der Waals surface area (Å²) in [7, 11) is 2.11. The minimum atomic E-state index is 0.104. The molecule has 26 heavy (non-hydrogen) atoms. The lowest BCUT2D eigenvalue weighted by Gasteiger charge is -2.35. The van der Waals surface area contributed by atoms with Gasteiger partial charge in [-0.25, -0.2) is 0 Å². The normalized spacial score (nSPS) is 18.0. The summed E-state index contributed by atoms with van der Waals surface area (Å²) in [4.78, 5) is 9.19. The topological polar surface area (TPSA) is 54.6 Å². The van der Waals surface area contributed by atoms with Gasteiger partial charge < -0.3 is 19.1 Å². The molecule has 0 unspecified atom stereocenters. The number of anilines is 2. The molecule has 0 spiro atoms. The van der Waals surface area contributed by atoms with Crippen molar-refractivity contribution in [3.63, 3.8) is 0 Å². The van der Waals surface area contributed by atoms with E-state index in [1.54, 1.807) is 0 Å². The van der Waals surface area contributed by atoms with Gasteiger partial charge in [-0.1, -0.05) is 11.2 Å². The van der Waals surface area contributed by atoms with E-state index in [0.717, 1.165) is 46.4 Å². The van der Waals surface area contributed by atoms with E-state index < -0.39 is 0 Å². The zero-order chi connectivity index (χ0) is 17.8. The molecule has 0 saturated heterocycles. The number of ether oxygens (including phenoxy) is 1. The van der Waals surface area contributed by atoms with Gasteiger partial charge in [0.15, 0.2) is 5.75 Å². The molecule has 0 bridgehead atoms. The maximum absolute atomic E-state index is 6.32. The molecule has 0 amide bonds. The summed E-state index contributed by atoms with van der Waals surface area (Å²) < 4.78 is 11.7. The van der Waals surface area contributed by atoms with Crippen molar-refractivity contribution in [2.24, 2.45) is 0 Å². The van der Waals surface area contributed by atoms with Crippen molar-refractivity contribution in [3.05, 3.63) is 53.7 Å². The van der Waals surface area contributed by atoms with Gasteiger partial charge in [0.25, 0.3) is 0 Å². The van der Waals surface area contributed by atoms with Crippen LogP contribution in [0.2, 0.25) is 0 Å². The molecule has 0 aliphatic carbocycles. The molecule has 5 rings (SSSR count). The summed E-state index contributed by atoms with van der Waals surface area (Å²) in [6.07, 6.45) is 1.84.